The summed E-state index contributed by atoms with van der Waals surface area (Å²) in [6, 6.07) is 8.22. The lowest BCUT2D eigenvalue weighted by molar-refractivity contribution is -0.922. The van der Waals surface area contributed by atoms with Crippen LogP contribution in [0.5, 0.6) is 5.75 Å². The lowest BCUT2D eigenvalue weighted by atomic mass is 9.98. The predicted molar refractivity (Wildman–Crippen MR) is 112 cm³/mol. The van der Waals surface area contributed by atoms with Gasteiger partial charge in [-0.2, -0.15) is 13.2 Å². The highest BCUT2D eigenvalue weighted by atomic mass is 35.5. The number of likely N-dealkylation sites (tertiary alicyclic amines) is 1. The van der Waals surface area contributed by atoms with E-state index in [-0.39, 0.29) is 34.4 Å². The minimum absolute atomic E-state index is 0.00945. The van der Waals surface area contributed by atoms with E-state index in [1.165, 1.54) is 36.4 Å². The van der Waals surface area contributed by atoms with Gasteiger partial charge in [0.2, 0.25) is 11.2 Å². The molecule has 31 heavy (non-hydrogen) atoms. The lowest BCUT2D eigenvalue weighted by Crippen LogP contribution is -3.12. The van der Waals surface area contributed by atoms with Crippen molar-refractivity contribution in [3.8, 4) is 16.9 Å². The summed E-state index contributed by atoms with van der Waals surface area (Å²) in [5.41, 5.74) is -1.27. The first-order valence-electron chi connectivity index (χ1n) is 10.1. The third kappa shape index (κ3) is 4.29. The van der Waals surface area contributed by atoms with Gasteiger partial charge in [0.15, 0.2) is 5.58 Å². The predicted octanol–water partition coefficient (Wildman–Crippen LogP) is 4.65. The van der Waals surface area contributed by atoms with E-state index in [0.717, 1.165) is 30.8 Å². The number of rotatable bonds is 3. The maximum atomic E-state index is 13.9. The van der Waals surface area contributed by atoms with Gasteiger partial charge in [-0.1, -0.05) is 30.7 Å². The van der Waals surface area contributed by atoms with E-state index in [1.807, 2.05) is 0 Å². The first kappa shape index (κ1) is 21.7. The van der Waals surface area contributed by atoms with Gasteiger partial charge < -0.3 is 14.4 Å². The molecule has 0 radical (unpaired) electrons. The Balaban J connectivity index is 1.94. The molecule has 2 atom stereocenters. The SMILES string of the molecule is C[C@@H]1CCC[NH+](Cc2c(O)ccc3c(=O)c(-c4ccc(Cl)cc4)c(C(F)(F)F)oc23)C1. The highest BCUT2D eigenvalue weighted by molar-refractivity contribution is 6.30. The second-order valence-electron chi connectivity index (χ2n) is 8.21. The Morgan fingerprint density at radius 1 is 1.19 bits per heavy atom. The van der Waals surface area contributed by atoms with Crippen LogP contribution in [0.3, 0.4) is 0 Å². The Morgan fingerprint density at radius 3 is 2.55 bits per heavy atom. The molecule has 1 aliphatic rings. The van der Waals surface area contributed by atoms with E-state index in [9.17, 15) is 23.1 Å². The minimum Gasteiger partial charge on any atom is -0.507 e. The van der Waals surface area contributed by atoms with E-state index in [1.54, 1.807) is 0 Å². The number of alkyl halides is 3. The molecule has 0 aliphatic carbocycles. The van der Waals surface area contributed by atoms with Crippen LogP contribution >= 0.6 is 11.6 Å². The lowest BCUT2D eigenvalue weighted by Gasteiger charge is -2.28. The van der Waals surface area contributed by atoms with E-state index >= 15 is 0 Å². The fourth-order valence-electron chi connectivity index (χ4n) is 4.36. The number of hydrogen-bond acceptors (Lipinski definition) is 3. The van der Waals surface area contributed by atoms with Crippen molar-refractivity contribution in [1.82, 2.24) is 0 Å². The van der Waals surface area contributed by atoms with Crippen molar-refractivity contribution in [2.75, 3.05) is 13.1 Å². The van der Waals surface area contributed by atoms with Crippen molar-refractivity contribution in [3.05, 3.63) is 63.0 Å². The third-order valence-electron chi connectivity index (χ3n) is 5.82. The molecule has 0 spiro atoms. The molecule has 4 nitrogen and oxygen atoms in total. The average Bonchev–Trinajstić information content (AvgIpc) is 2.70. The molecule has 8 heteroatoms. The van der Waals surface area contributed by atoms with Crippen molar-refractivity contribution >= 4 is 22.6 Å². The van der Waals surface area contributed by atoms with Gasteiger partial charge in [0, 0.05) is 10.9 Å². The first-order chi connectivity index (χ1) is 14.6. The fraction of sp³-hybridized carbons (Fsp3) is 0.348. The number of phenols is 1. The molecule has 1 saturated heterocycles. The number of fused-ring (bicyclic) bond motifs is 1. The number of hydrogen-bond donors (Lipinski definition) is 2. The van der Waals surface area contributed by atoms with Gasteiger partial charge in [0.1, 0.15) is 12.3 Å². The van der Waals surface area contributed by atoms with Crippen LogP contribution in [0.1, 0.15) is 31.1 Å². The maximum Gasteiger partial charge on any atom is 0.450 e. The van der Waals surface area contributed by atoms with E-state index < -0.39 is 22.9 Å². The Labute approximate surface area is 181 Å². The van der Waals surface area contributed by atoms with Crippen LogP contribution < -0.4 is 10.3 Å². The van der Waals surface area contributed by atoms with Crippen LogP contribution in [0, 0.1) is 5.92 Å². The Hall–Kier alpha value is -2.51. The highest BCUT2D eigenvalue weighted by Crippen LogP contribution is 2.39. The summed E-state index contributed by atoms with van der Waals surface area (Å²) in [5.74, 6) is -1.06. The molecule has 1 unspecified atom stereocenters. The molecule has 1 fully saturated rings. The number of quaternary nitrogens is 1. The first-order valence-corrected chi connectivity index (χ1v) is 10.5. The summed E-state index contributed by atoms with van der Waals surface area (Å²) in [6.07, 6.45) is -2.79. The molecule has 3 aromatic rings. The van der Waals surface area contributed by atoms with Crippen molar-refractivity contribution in [2.24, 2.45) is 5.92 Å². The molecule has 4 rings (SSSR count). The number of phenolic OH excluding ortho intramolecular Hbond substituents is 1. The smallest absolute Gasteiger partial charge is 0.450 e. The molecular formula is C23H22ClF3NO3+. The summed E-state index contributed by atoms with van der Waals surface area (Å²) in [7, 11) is 0. The molecule has 2 heterocycles. The third-order valence-corrected chi connectivity index (χ3v) is 6.07. The monoisotopic (exact) mass is 452 g/mol. The molecule has 0 bridgehead atoms. The van der Waals surface area contributed by atoms with E-state index in [0.29, 0.717) is 10.9 Å². The second kappa shape index (κ2) is 8.20. The van der Waals surface area contributed by atoms with Crippen LogP contribution in [0.4, 0.5) is 13.2 Å². The molecular weight excluding hydrogens is 431 g/mol. The molecule has 1 aliphatic heterocycles. The number of halogens is 4. The van der Waals surface area contributed by atoms with Gasteiger partial charge in [-0.3, -0.25) is 4.79 Å². The molecule has 0 amide bonds. The van der Waals surface area contributed by atoms with Gasteiger partial charge in [-0.25, -0.2) is 0 Å². The molecule has 2 aromatic carbocycles. The Kier molecular flexibility index (Phi) is 5.75. The number of nitrogens with one attached hydrogen (secondary N) is 1. The highest BCUT2D eigenvalue weighted by Gasteiger charge is 2.40. The minimum atomic E-state index is -4.89. The summed E-state index contributed by atoms with van der Waals surface area (Å²) in [5, 5.41) is 10.8. The van der Waals surface area contributed by atoms with Crippen molar-refractivity contribution in [2.45, 2.75) is 32.5 Å². The summed E-state index contributed by atoms with van der Waals surface area (Å²) < 4.78 is 47.2. The van der Waals surface area contributed by atoms with Crippen LogP contribution in [-0.4, -0.2) is 18.2 Å². The normalized spacial score (nSPS) is 19.6. The van der Waals surface area contributed by atoms with Gasteiger partial charge in [-0.05, 0) is 42.7 Å². The summed E-state index contributed by atoms with van der Waals surface area (Å²) in [6.45, 7) is 4.10. The average molecular weight is 453 g/mol. The van der Waals surface area contributed by atoms with Crippen molar-refractivity contribution in [1.29, 1.82) is 0 Å². The van der Waals surface area contributed by atoms with Crippen molar-refractivity contribution < 1.29 is 27.6 Å². The van der Waals surface area contributed by atoms with Crippen LogP contribution in [-0.2, 0) is 12.7 Å². The number of piperidine rings is 1. The van der Waals surface area contributed by atoms with Crippen LogP contribution in [0.2, 0.25) is 5.02 Å². The maximum absolute atomic E-state index is 13.9. The Morgan fingerprint density at radius 2 is 1.90 bits per heavy atom. The molecule has 0 saturated carbocycles. The van der Waals surface area contributed by atoms with E-state index in [4.69, 9.17) is 16.0 Å². The summed E-state index contributed by atoms with van der Waals surface area (Å²) in [4.78, 5) is 14.3. The summed E-state index contributed by atoms with van der Waals surface area (Å²) >= 11 is 5.85. The van der Waals surface area contributed by atoms with Gasteiger partial charge in [-0.15, -0.1) is 0 Å². The topological polar surface area (TPSA) is 54.9 Å². The molecule has 1 aromatic heterocycles. The van der Waals surface area contributed by atoms with Crippen LogP contribution in [0.15, 0.2) is 45.6 Å². The zero-order valence-electron chi connectivity index (χ0n) is 16.9. The zero-order chi connectivity index (χ0) is 22.3. The van der Waals surface area contributed by atoms with Gasteiger partial charge in [0.25, 0.3) is 0 Å². The van der Waals surface area contributed by atoms with Crippen molar-refractivity contribution in [3.63, 3.8) is 0 Å². The second-order valence-corrected chi connectivity index (χ2v) is 8.64. The largest absolute Gasteiger partial charge is 0.507 e. The fourth-order valence-corrected chi connectivity index (χ4v) is 4.49. The zero-order valence-corrected chi connectivity index (χ0v) is 17.6. The van der Waals surface area contributed by atoms with Gasteiger partial charge in [0.05, 0.1) is 29.6 Å². The van der Waals surface area contributed by atoms with Crippen LogP contribution in [0.25, 0.3) is 22.1 Å². The van der Waals surface area contributed by atoms with E-state index in [2.05, 4.69) is 6.92 Å². The molecule has 2 N–H and O–H groups in total. The molecule has 164 valence electrons. The standard InChI is InChI=1S/C23H21ClF3NO3/c1-13-3-2-10-28(11-13)12-17-18(29)9-8-16-20(30)19(14-4-6-15(24)7-5-14)22(23(25,26)27)31-21(16)17/h4-9,13,29H,2-3,10-12H2,1H3/p+1/t13-/m1/s1. The Bertz CT molecular complexity index is 1170. The quantitative estimate of drug-likeness (QED) is 0.608. The number of aromatic hydroxyl groups is 1. The number of benzene rings is 2. The van der Waals surface area contributed by atoms with Gasteiger partial charge >= 0.3 is 6.18 Å².